The first-order chi connectivity index (χ1) is 29.1. The maximum Gasteiger partial charge on any atom is 0.408 e. The normalized spacial score (nSPS) is 32.3. The Morgan fingerprint density at radius 3 is 2.39 bits per heavy atom. The van der Waals surface area contributed by atoms with Crippen molar-refractivity contribution in [1.29, 1.82) is 0 Å². The number of alkyl carbamates (subject to hydrolysis) is 1. The Hall–Kier alpha value is -4.63. The number of nitrogens with one attached hydrogen (secondary N) is 3. The molecule has 0 radical (unpaired) electrons. The van der Waals surface area contributed by atoms with Crippen molar-refractivity contribution in [3.05, 3.63) is 23.9 Å². The number of hydrogen-bond acceptors (Lipinski definition) is 11. The molecular formula is C40H48F6N6O9S. The second kappa shape index (κ2) is 15.9. The monoisotopic (exact) mass is 902 g/mol. The number of aromatic nitrogens is 2. The zero-order valence-electron chi connectivity index (χ0n) is 34.1. The molecule has 4 aliphatic carbocycles. The summed E-state index contributed by atoms with van der Waals surface area (Å²) in [5, 5.41) is 4.06. The van der Waals surface area contributed by atoms with Crippen LogP contribution in [0.15, 0.2) is 18.2 Å². The van der Waals surface area contributed by atoms with E-state index in [1.807, 2.05) is 4.72 Å². The van der Waals surface area contributed by atoms with Crippen molar-refractivity contribution in [2.24, 2.45) is 29.1 Å². The van der Waals surface area contributed by atoms with Crippen LogP contribution in [0.5, 0.6) is 11.6 Å². The molecule has 5 fully saturated rings. The van der Waals surface area contributed by atoms with Crippen LogP contribution in [0.1, 0.15) is 90.7 Å². The quantitative estimate of drug-likeness (QED) is 0.296. The van der Waals surface area contributed by atoms with Gasteiger partial charge in [0.15, 0.2) is 5.69 Å². The summed E-state index contributed by atoms with van der Waals surface area (Å²) in [7, 11) is -4.25. The number of sulfonamides is 1. The van der Waals surface area contributed by atoms with Gasteiger partial charge in [-0.3, -0.25) is 19.1 Å². The summed E-state index contributed by atoms with van der Waals surface area (Å²) < 4.78 is 131. The Morgan fingerprint density at radius 1 is 0.984 bits per heavy atom. The van der Waals surface area contributed by atoms with Gasteiger partial charge in [0.05, 0.1) is 28.7 Å². The number of ether oxygens (including phenoxy) is 3. The van der Waals surface area contributed by atoms with E-state index in [0.29, 0.717) is 25.2 Å². The number of carbonyl (C=O) groups is 4. The van der Waals surface area contributed by atoms with Crippen molar-refractivity contribution in [1.82, 2.24) is 30.2 Å². The molecule has 3 heterocycles. The average molecular weight is 903 g/mol. The van der Waals surface area contributed by atoms with E-state index < -0.39 is 137 Å². The van der Waals surface area contributed by atoms with E-state index in [0.717, 1.165) is 23.5 Å². The fourth-order valence-electron chi connectivity index (χ4n) is 9.39. The zero-order chi connectivity index (χ0) is 44.7. The Labute approximate surface area is 352 Å². The van der Waals surface area contributed by atoms with Crippen molar-refractivity contribution in [3.63, 3.8) is 0 Å². The first-order valence-corrected chi connectivity index (χ1v) is 22.4. The number of amides is 4. The van der Waals surface area contributed by atoms with Gasteiger partial charge in [-0.05, 0) is 80.2 Å². The minimum absolute atomic E-state index is 0.0249. The van der Waals surface area contributed by atoms with E-state index in [2.05, 4.69) is 25.3 Å². The lowest BCUT2D eigenvalue weighted by atomic mass is 9.85. The van der Waals surface area contributed by atoms with Gasteiger partial charge in [-0.15, -0.1) is 0 Å². The summed E-state index contributed by atoms with van der Waals surface area (Å²) in [6.45, 7) is 1.16. The molecule has 0 spiro atoms. The zero-order valence-corrected chi connectivity index (χ0v) is 34.9. The maximum atomic E-state index is 16.4. The number of rotatable bonds is 8. The van der Waals surface area contributed by atoms with Crippen LogP contribution in [-0.2, 0) is 35.1 Å². The molecule has 8 rings (SSSR count). The number of fused-ring (bicyclic) bond motifs is 7. The lowest BCUT2D eigenvalue weighted by molar-refractivity contribution is -0.143. The summed E-state index contributed by atoms with van der Waals surface area (Å²) in [5.74, 6) is -9.51. The van der Waals surface area contributed by atoms with Gasteiger partial charge in [0, 0.05) is 18.9 Å². The van der Waals surface area contributed by atoms with Gasteiger partial charge in [-0.25, -0.2) is 32.0 Å². The Bertz CT molecular complexity index is 2250. The third-order valence-electron chi connectivity index (χ3n) is 13.0. The number of nitrogens with zero attached hydrogens (tertiary/aromatic N) is 3. The van der Waals surface area contributed by atoms with Gasteiger partial charge < -0.3 is 29.7 Å². The van der Waals surface area contributed by atoms with Crippen LogP contribution in [0, 0.1) is 29.1 Å². The summed E-state index contributed by atoms with van der Waals surface area (Å²) >= 11 is 0. The minimum Gasteiger partial charge on any atom is -0.471 e. The predicted molar refractivity (Wildman–Crippen MR) is 204 cm³/mol. The summed E-state index contributed by atoms with van der Waals surface area (Å²) in [4.78, 5) is 65.5. The van der Waals surface area contributed by atoms with Crippen LogP contribution in [0.4, 0.5) is 31.1 Å². The molecular weight excluding hydrogens is 855 g/mol. The molecule has 1 aromatic carbocycles. The highest BCUT2D eigenvalue weighted by Gasteiger charge is 2.67. The lowest BCUT2D eigenvalue weighted by Crippen LogP contribution is -2.60. The Kier molecular flexibility index (Phi) is 11.3. The molecule has 2 bridgehead atoms. The molecule has 1 unspecified atom stereocenters. The van der Waals surface area contributed by atoms with E-state index in [1.54, 1.807) is 20.8 Å². The first-order valence-electron chi connectivity index (χ1n) is 20.8. The SMILES string of the molecule is CC(C)(C)[C@@H]1NC(=O)O[C@@H]2CC3C[C@@H]3[C@H]2CCCCC(F)(F)c2nc3ccc(OC(F)F)cc3nc2O[C@@H]2C[C@@H](C(=O)N[C@]3(C(=O)NS(=O)(=O)C4CC4)C[C@H]3C(F)F)N(C2)C1=O. The molecule has 1 aromatic heterocycles. The summed E-state index contributed by atoms with van der Waals surface area (Å²) in [6.07, 6.45) is -4.95. The number of halogens is 6. The van der Waals surface area contributed by atoms with Crippen molar-refractivity contribution in [3.8, 4) is 11.6 Å². The predicted octanol–water partition coefficient (Wildman–Crippen LogP) is 5.16. The molecule has 6 aliphatic rings. The van der Waals surface area contributed by atoms with Gasteiger partial charge in [-0.1, -0.05) is 27.2 Å². The van der Waals surface area contributed by atoms with E-state index in [-0.39, 0.29) is 47.9 Å². The largest absolute Gasteiger partial charge is 0.471 e. The topological polar surface area (TPSA) is 195 Å². The van der Waals surface area contributed by atoms with Gasteiger partial charge >= 0.3 is 12.7 Å². The second-order valence-corrected chi connectivity index (χ2v) is 20.5. The highest BCUT2D eigenvalue weighted by Crippen LogP contribution is 2.58. The fourth-order valence-corrected chi connectivity index (χ4v) is 10.8. The summed E-state index contributed by atoms with van der Waals surface area (Å²) in [5.41, 5.74) is -4.60. The molecule has 2 aromatic rings. The van der Waals surface area contributed by atoms with Crippen molar-refractivity contribution >= 4 is 44.9 Å². The highest BCUT2D eigenvalue weighted by atomic mass is 32.2. The number of benzene rings is 1. The first kappa shape index (κ1) is 44.0. The van der Waals surface area contributed by atoms with Gasteiger partial charge in [0.2, 0.25) is 34.1 Å². The van der Waals surface area contributed by atoms with E-state index >= 15 is 8.78 Å². The minimum atomic E-state index is -4.25. The van der Waals surface area contributed by atoms with Crippen molar-refractivity contribution in [2.45, 2.75) is 139 Å². The lowest BCUT2D eigenvalue weighted by Gasteiger charge is -2.36. The van der Waals surface area contributed by atoms with Crippen molar-refractivity contribution in [2.75, 3.05) is 6.54 Å². The fraction of sp³-hybridized carbons (Fsp3) is 0.700. The highest BCUT2D eigenvalue weighted by molar-refractivity contribution is 7.91. The van der Waals surface area contributed by atoms with Crippen molar-refractivity contribution < 1.29 is 68.1 Å². The third kappa shape index (κ3) is 8.80. The number of hydrogen-bond donors (Lipinski definition) is 3. The second-order valence-electron chi connectivity index (χ2n) is 18.6. The molecule has 4 amide bonds. The van der Waals surface area contributed by atoms with Crippen LogP contribution < -0.4 is 24.8 Å². The molecule has 62 heavy (non-hydrogen) atoms. The van der Waals surface area contributed by atoms with Crippen LogP contribution in [-0.4, -0.2) is 102 Å². The van der Waals surface area contributed by atoms with Crippen LogP contribution in [0.2, 0.25) is 0 Å². The van der Waals surface area contributed by atoms with E-state index in [4.69, 9.17) is 9.47 Å². The maximum absolute atomic E-state index is 16.4. The van der Waals surface area contributed by atoms with E-state index in [9.17, 15) is 45.2 Å². The molecule has 9 atom stereocenters. The van der Waals surface area contributed by atoms with Gasteiger partial charge in [0.25, 0.3) is 11.8 Å². The Balaban J connectivity index is 1.16. The smallest absolute Gasteiger partial charge is 0.408 e. The third-order valence-corrected chi connectivity index (χ3v) is 14.8. The van der Waals surface area contributed by atoms with Crippen LogP contribution in [0.3, 0.4) is 0 Å². The number of carbonyl (C=O) groups excluding carboxylic acids is 4. The van der Waals surface area contributed by atoms with Gasteiger partial charge in [0.1, 0.15) is 35.6 Å². The van der Waals surface area contributed by atoms with Crippen LogP contribution in [0.25, 0.3) is 11.0 Å². The Morgan fingerprint density at radius 2 is 1.73 bits per heavy atom. The van der Waals surface area contributed by atoms with E-state index in [1.165, 1.54) is 6.07 Å². The molecule has 340 valence electrons. The molecule has 15 nitrogen and oxygen atoms in total. The molecule has 3 N–H and O–H groups in total. The molecule has 1 saturated heterocycles. The average Bonchev–Trinajstić information content (AvgIpc) is 4.11. The number of alkyl halides is 6. The van der Waals surface area contributed by atoms with Crippen LogP contribution >= 0.6 is 0 Å². The molecule has 4 saturated carbocycles. The molecule has 22 heteroatoms. The summed E-state index contributed by atoms with van der Waals surface area (Å²) in [6, 6.07) is 0.296. The van der Waals surface area contributed by atoms with Gasteiger partial charge in [-0.2, -0.15) is 17.6 Å². The molecule has 2 aliphatic heterocycles. The standard InChI is InChI=1S/C40H48F6N6O9S/c1-38(2,3)30-34(54)52-17-20(15-27(52)32(53)50-39(16-24(39)31(41)42)35(55)51-62(57,58)21-8-9-21)59-33-29(47-25-10-7-19(60-36(43)44)14-26(25)48-33)40(45,46)11-5-4-6-22-23-12-18(23)13-28(22)61-37(56)49-30/h7,10,14,18,20-24,27-28,30-31,36H,4-6,8-9,11-13,15-17H2,1-3H3,(H,49,56)(H,50,53)(H,51,55)/t18?,20-,22-,23+,24+,27+,28-,30-,39-/m1/s1.